The molecule has 0 spiro atoms. The second-order valence-electron chi connectivity index (χ2n) is 9.17. The van der Waals surface area contributed by atoms with Gasteiger partial charge in [0.25, 0.3) is 17.4 Å². The summed E-state index contributed by atoms with van der Waals surface area (Å²) in [6, 6.07) is 1.94. The molecule has 0 atom stereocenters. The summed E-state index contributed by atoms with van der Waals surface area (Å²) in [7, 11) is 0. The predicted molar refractivity (Wildman–Crippen MR) is 126 cm³/mol. The van der Waals surface area contributed by atoms with Crippen LogP contribution in [-0.2, 0) is 17.8 Å². The van der Waals surface area contributed by atoms with Crippen LogP contribution in [0, 0.1) is 5.92 Å². The largest absolute Gasteiger partial charge is 0.492 e. The smallest absolute Gasteiger partial charge is 0.270 e. The Hall–Kier alpha value is -3.95. The van der Waals surface area contributed by atoms with Gasteiger partial charge in [-0.15, -0.1) is 0 Å². The SMILES string of the molecule is CC(C)Cn1c(=O)c(C(=O)NC2CC2)c(O)n2ncc(C=CC(=O)N3CCc4ccncc43)c12. The van der Waals surface area contributed by atoms with Crippen LogP contribution in [0.4, 0.5) is 5.69 Å². The quantitative estimate of drug-likeness (QED) is 0.538. The molecule has 0 aromatic carbocycles. The highest BCUT2D eigenvalue weighted by Crippen LogP contribution is 2.27. The third-order valence-corrected chi connectivity index (χ3v) is 6.05. The van der Waals surface area contributed by atoms with E-state index in [2.05, 4.69) is 15.4 Å². The average molecular weight is 463 g/mol. The van der Waals surface area contributed by atoms with Gasteiger partial charge in [-0.05, 0) is 42.9 Å². The highest BCUT2D eigenvalue weighted by molar-refractivity contribution is 6.05. The van der Waals surface area contributed by atoms with Crippen LogP contribution in [0.5, 0.6) is 5.88 Å². The number of anilines is 1. The zero-order valence-corrected chi connectivity index (χ0v) is 19.1. The van der Waals surface area contributed by atoms with E-state index in [1.165, 1.54) is 21.4 Å². The fourth-order valence-electron chi connectivity index (χ4n) is 4.25. The number of nitrogens with one attached hydrogen (secondary N) is 1. The van der Waals surface area contributed by atoms with Crippen molar-refractivity contribution in [2.75, 3.05) is 11.4 Å². The van der Waals surface area contributed by atoms with Gasteiger partial charge in [0, 0.05) is 37.0 Å². The third kappa shape index (κ3) is 3.85. The highest BCUT2D eigenvalue weighted by Gasteiger charge is 2.30. The first-order valence-electron chi connectivity index (χ1n) is 11.4. The molecule has 0 radical (unpaired) electrons. The van der Waals surface area contributed by atoms with Crippen molar-refractivity contribution in [2.45, 2.75) is 45.7 Å². The minimum atomic E-state index is -0.603. The predicted octanol–water partition coefficient (Wildman–Crippen LogP) is 1.75. The summed E-state index contributed by atoms with van der Waals surface area (Å²) in [6.07, 6.45) is 10.3. The monoisotopic (exact) mass is 462 g/mol. The number of hydrogen-bond donors (Lipinski definition) is 2. The van der Waals surface area contributed by atoms with Crippen LogP contribution in [0.15, 0.2) is 35.5 Å². The standard InChI is InChI=1S/C24H26N6O4/c1-14(2)13-29-22-16(3-6-19(31)28-10-8-15-7-9-25-12-18(15)28)11-26-30(22)24(34)20(23(29)33)21(32)27-17-4-5-17/h3,6-7,9,11-12,14,17,34H,4-5,8,10,13H2,1-2H3,(H,27,32). The molecule has 2 amide bonds. The number of nitrogens with zero attached hydrogens (tertiary/aromatic N) is 5. The molecule has 10 nitrogen and oxygen atoms in total. The Kier molecular flexibility index (Phi) is 5.43. The lowest BCUT2D eigenvalue weighted by molar-refractivity contribution is -0.114. The molecule has 1 aliphatic heterocycles. The van der Waals surface area contributed by atoms with Crippen LogP contribution in [0.2, 0.25) is 0 Å². The molecule has 4 heterocycles. The topological polar surface area (TPSA) is 122 Å². The first kappa shape index (κ1) is 21.9. The Bertz CT molecular complexity index is 1380. The first-order valence-corrected chi connectivity index (χ1v) is 11.4. The van der Waals surface area contributed by atoms with Gasteiger partial charge < -0.3 is 15.3 Å². The fraction of sp³-hybridized carbons (Fsp3) is 0.375. The highest BCUT2D eigenvalue weighted by atomic mass is 16.3. The summed E-state index contributed by atoms with van der Waals surface area (Å²) in [4.78, 5) is 44.7. The molecule has 3 aromatic heterocycles. The number of rotatable bonds is 6. The fourth-order valence-corrected chi connectivity index (χ4v) is 4.25. The molecule has 10 heteroatoms. The number of hydrogen-bond acceptors (Lipinski definition) is 6. The number of fused-ring (bicyclic) bond motifs is 2. The summed E-state index contributed by atoms with van der Waals surface area (Å²) in [5.41, 5.74) is 1.76. The number of carbonyl (C=O) groups is 2. The lowest BCUT2D eigenvalue weighted by Crippen LogP contribution is -2.36. The molecule has 1 saturated carbocycles. The normalized spacial score (nSPS) is 15.4. The zero-order chi connectivity index (χ0) is 24.0. The van der Waals surface area contributed by atoms with E-state index in [9.17, 15) is 19.5 Å². The van der Waals surface area contributed by atoms with Gasteiger partial charge in [0.15, 0.2) is 5.56 Å². The lowest BCUT2D eigenvalue weighted by Gasteiger charge is -2.15. The van der Waals surface area contributed by atoms with Gasteiger partial charge in [0.1, 0.15) is 5.65 Å². The van der Waals surface area contributed by atoms with E-state index in [4.69, 9.17) is 0 Å². The van der Waals surface area contributed by atoms with E-state index < -0.39 is 17.3 Å². The minimum Gasteiger partial charge on any atom is -0.492 e. The van der Waals surface area contributed by atoms with Gasteiger partial charge in [-0.3, -0.25) is 23.9 Å². The number of carbonyl (C=O) groups excluding carboxylic acids is 2. The van der Waals surface area contributed by atoms with Gasteiger partial charge in [0.2, 0.25) is 5.88 Å². The number of pyridine rings is 1. The van der Waals surface area contributed by atoms with Crippen LogP contribution >= 0.6 is 0 Å². The van der Waals surface area contributed by atoms with Crippen molar-refractivity contribution in [1.29, 1.82) is 0 Å². The van der Waals surface area contributed by atoms with Gasteiger partial charge in [-0.1, -0.05) is 13.8 Å². The Labute approximate surface area is 195 Å². The molecular weight excluding hydrogens is 436 g/mol. The number of amides is 2. The van der Waals surface area contributed by atoms with Gasteiger partial charge in [-0.2, -0.15) is 9.61 Å². The van der Waals surface area contributed by atoms with Crippen molar-refractivity contribution in [1.82, 2.24) is 24.5 Å². The maximum Gasteiger partial charge on any atom is 0.270 e. The molecule has 1 fully saturated rings. The van der Waals surface area contributed by atoms with E-state index in [0.717, 1.165) is 30.5 Å². The zero-order valence-electron chi connectivity index (χ0n) is 19.1. The van der Waals surface area contributed by atoms with E-state index >= 15 is 0 Å². The maximum absolute atomic E-state index is 13.3. The third-order valence-electron chi connectivity index (χ3n) is 6.05. The van der Waals surface area contributed by atoms with Crippen molar-refractivity contribution in [3.63, 3.8) is 0 Å². The second kappa shape index (κ2) is 8.44. The molecule has 0 saturated heterocycles. The Morgan fingerprint density at radius 1 is 1.29 bits per heavy atom. The maximum atomic E-state index is 13.3. The Morgan fingerprint density at radius 2 is 2.09 bits per heavy atom. The molecule has 1 aliphatic carbocycles. The molecule has 2 N–H and O–H groups in total. The molecule has 0 unspecified atom stereocenters. The molecule has 5 rings (SSSR count). The van der Waals surface area contributed by atoms with E-state index in [-0.39, 0.29) is 23.4 Å². The summed E-state index contributed by atoms with van der Waals surface area (Å²) in [6.45, 7) is 4.79. The Balaban J connectivity index is 1.54. The summed E-state index contributed by atoms with van der Waals surface area (Å²) < 4.78 is 2.63. The lowest BCUT2D eigenvalue weighted by atomic mass is 10.2. The number of aromatic nitrogens is 4. The van der Waals surface area contributed by atoms with E-state index in [0.29, 0.717) is 24.3 Å². The number of aromatic hydroxyl groups is 1. The van der Waals surface area contributed by atoms with Crippen molar-refractivity contribution >= 4 is 29.2 Å². The van der Waals surface area contributed by atoms with Crippen LogP contribution in [-0.4, -0.2) is 48.7 Å². The van der Waals surface area contributed by atoms with Gasteiger partial charge in [-0.25, -0.2) is 0 Å². The second-order valence-corrected chi connectivity index (χ2v) is 9.17. The summed E-state index contributed by atoms with van der Waals surface area (Å²) in [5.74, 6) is -1.24. The van der Waals surface area contributed by atoms with Gasteiger partial charge in [0.05, 0.1) is 18.1 Å². The van der Waals surface area contributed by atoms with Crippen LogP contribution < -0.4 is 15.8 Å². The first-order chi connectivity index (χ1) is 16.3. The average Bonchev–Trinajstić information content (AvgIpc) is 3.34. The molecule has 176 valence electrons. The van der Waals surface area contributed by atoms with Crippen LogP contribution in [0.3, 0.4) is 0 Å². The van der Waals surface area contributed by atoms with Gasteiger partial charge >= 0.3 is 0 Å². The Morgan fingerprint density at radius 3 is 2.82 bits per heavy atom. The van der Waals surface area contributed by atoms with Crippen molar-refractivity contribution in [3.05, 3.63) is 57.8 Å². The molecular formula is C24H26N6O4. The van der Waals surface area contributed by atoms with E-state index in [1.807, 2.05) is 19.9 Å². The molecule has 0 bridgehead atoms. The molecule has 34 heavy (non-hydrogen) atoms. The van der Waals surface area contributed by atoms with Crippen LogP contribution in [0.1, 0.15) is 48.2 Å². The molecule has 3 aromatic rings. The van der Waals surface area contributed by atoms with Crippen molar-refractivity contribution in [3.8, 4) is 5.88 Å². The van der Waals surface area contributed by atoms with Crippen molar-refractivity contribution < 1.29 is 14.7 Å². The van der Waals surface area contributed by atoms with Crippen LogP contribution in [0.25, 0.3) is 11.7 Å². The molecule has 2 aliphatic rings. The van der Waals surface area contributed by atoms with E-state index in [1.54, 1.807) is 23.4 Å². The summed E-state index contributed by atoms with van der Waals surface area (Å²) in [5, 5.41) is 17.8. The summed E-state index contributed by atoms with van der Waals surface area (Å²) >= 11 is 0. The van der Waals surface area contributed by atoms with Crippen molar-refractivity contribution in [2.24, 2.45) is 5.92 Å². The minimum absolute atomic E-state index is 0.0357.